The predicted molar refractivity (Wildman–Crippen MR) is 112 cm³/mol. The molecule has 5 amide bonds. The van der Waals surface area contributed by atoms with Gasteiger partial charge in [0.1, 0.15) is 11.6 Å². The van der Waals surface area contributed by atoms with Crippen molar-refractivity contribution in [3.63, 3.8) is 0 Å². The molecule has 1 saturated heterocycles. The highest BCUT2D eigenvalue weighted by Crippen LogP contribution is 2.35. The summed E-state index contributed by atoms with van der Waals surface area (Å²) >= 11 is 0. The molecule has 1 aliphatic heterocycles. The van der Waals surface area contributed by atoms with Gasteiger partial charge in [-0.25, -0.2) is 9.69 Å². The van der Waals surface area contributed by atoms with Crippen LogP contribution in [0.4, 0.5) is 10.5 Å². The van der Waals surface area contributed by atoms with Gasteiger partial charge >= 0.3 is 6.03 Å². The molecule has 1 aliphatic carbocycles. The molecule has 1 unspecified atom stereocenters. The maximum atomic E-state index is 12.8. The Bertz CT molecular complexity index is 848. The number of imide groups is 1. The van der Waals surface area contributed by atoms with Crippen LogP contribution in [-0.4, -0.2) is 65.8 Å². The van der Waals surface area contributed by atoms with Crippen LogP contribution in [0.2, 0.25) is 0 Å². The Morgan fingerprint density at radius 3 is 2.60 bits per heavy atom. The van der Waals surface area contributed by atoms with E-state index in [4.69, 9.17) is 0 Å². The van der Waals surface area contributed by atoms with E-state index in [-0.39, 0.29) is 24.9 Å². The van der Waals surface area contributed by atoms with Crippen LogP contribution in [0.25, 0.3) is 0 Å². The molecular weight excluding hydrogens is 386 g/mol. The SMILES string of the molecule is CC(C(=O)NCc1cccc(NC(=O)CN(C)C)c1)N1C(=O)NC2(CCCC2)C1=O. The Kier molecular flexibility index (Phi) is 6.40. The van der Waals surface area contributed by atoms with E-state index in [2.05, 4.69) is 16.0 Å². The van der Waals surface area contributed by atoms with Crippen molar-refractivity contribution < 1.29 is 19.2 Å². The minimum absolute atomic E-state index is 0.130. The fourth-order valence-corrected chi connectivity index (χ4v) is 4.01. The number of likely N-dealkylation sites (N-methyl/N-ethyl adjacent to an activating group) is 1. The molecule has 162 valence electrons. The average Bonchev–Trinajstić information content (AvgIpc) is 3.24. The van der Waals surface area contributed by atoms with Crippen molar-refractivity contribution in [2.45, 2.75) is 50.7 Å². The third kappa shape index (κ3) is 4.62. The molecule has 1 aromatic rings. The molecule has 0 bridgehead atoms. The van der Waals surface area contributed by atoms with Crippen molar-refractivity contribution in [2.75, 3.05) is 26.0 Å². The largest absolute Gasteiger partial charge is 0.350 e. The van der Waals surface area contributed by atoms with Crippen LogP contribution in [0, 0.1) is 0 Å². The lowest BCUT2D eigenvalue weighted by molar-refractivity contribution is -0.137. The Labute approximate surface area is 176 Å². The molecule has 1 heterocycles. The summed E-state index contributed by atoms with van der Waals surface area (Å²) in [5, 5.41) is 8.38. The molecule has 3 N–H and O–H groups in total. The molecule has 2 fully saturated rings. The zero-order valence-corrected chi connectivity index (χ0v) is 17.7. The lowest BCUT2D eigenvalue weighted by Crippen LogP contribution is -2.49. The van der Waals surface area contributed by atoms with E-state index in [0.29, 0.717) is 18.5 Å². The number of urea groups is 1. The minimum atomic E-state index is -0.902. The highest BCUT2D eigenvalue weighted by molar-refractivity contribution is 6.10. The van der Waals surface area contributed by atoms with Gasteiger partial charge in [-0.05, 0) is 51.6 Å². The first kappa shape index (κ1) is 21.8. The van der Waals surface area contributed by atoms with E-state index in [0.717, 1.165) is 23.3 Å². The minimum Gasteiger partial charge on any atom is -0.350 e. The Morgan fingerprint density at radius 2 is 1.93 bits per heavy atom. The lowest BCUT2D eigenvalue weighted by atomic mass is 9.97. The zero-order valence-electron chi connectivity index (χ0n) is 17.7. The van der Waals surface area contributed by atoms with Crippen molar-refractivity contribution >= 4 is 29.4 Å². The molecule has 0 radical (unpaired) electrons. The number of anilines is 1. The van der Waals surface area contributed by atoms with Gasteiger partial charge in [-0.15, -0.1) is 0 Å². The van der Waals surface area contributed by atoms with Crippen LogP contribution in [0.15, 0.2) is 24.3 Å². The van der Waals surface area contributed by atoms with Gasteiger partial charge in [-0.2, -0.15) is 0 Å². The van der Waals surface area contributed by atoms with E-state index in [9.17, 15) is 19.2 Å². The highest BCUT2D eigenvalue weighted by Gasteiger charge is 2.54. The van der Waals surface area contributed by atoms with Crippen LogP contribution < -0.4 is 16.0 Å². The molecule has 9 nitrogen and oxygen atoms in total. The second kappa shape index (κ2) is 8.83. The van der Waals surface area contributed by atoms with Crippen LogP contribution in [0.5, 0.6) is 0 Å². The van der Waals surface area contributed by atoms with E-state index in [1.165, 1.54) is 0 Å². The summed E-state index contributed by atoms with van der Waals surface area (Å²) in [6.45, 7) is 2.04. The summed E-state index contributed by atoms with van der Waals surface area (Å²) < 4.78 is 0. The summed E-state index contributed by atoms with van der Waals surface area (Å²) in [6, 6.07) is 5.76. The van der Waals surface area contributed by atoms with Crippen LogP contribution in [0.3, 0.4) is 0 Å². The number of carbonyl (C=O) groups is 4. The Morgan fingerprint density at radius 1 is 1.23 bits per heavy atom. The number of hydrogen-bond donors (Lipinski definition) is 3. The number of carbonyl (C=O) groups excluding carboxylic acids is 4. The summed E-state index contributed by atoms with van der Waals surface area (Å²) in [6.07, 6.45) is 3.02. The molecule has 3 rings (SSSR count). The quantitative estimate of drug-likeness (QED) is 0.577. The second-order valence-corrected chi connectivity index (χ2v) is 8.27. The summed E-state index contributed by atoms with van der Waals surface area (Å²) in [5.41, 5.74) is 0.603. The second-order valence-electron chi connectivity index (χ2n) is 8.27. The molecule has 9 heteroatoms. The molecule has 30 heavy (non-hydrogen) atoms. The van der Waals surface area contributed by atoms with Crippen LogP contribution >= 0.6 is 0 Å². The van der Waals surface area contributed by atoms with Gasteiger partial charge in [0.05, 0.1) is 6.54 Å². The smallest absolute Gasteiger partial charge is 0.325 e. The normalized spacial score (nSPS) is 18.6. The lowest BCUT2D eigenvalue weighted by Gasteiger charge is -2.23. The van der Waals surface area contributed by atoms with Crippen molar-refractivity contribution in [1.82, 2.24) is 20.4 Å². The van der Waals surface area contributed by atoms with Crippen molar-refractivity contribution in [3.05, 3.63) is 29.8 Å². The number of nitrogens with zero attached hydrogens (tertiary/aromatic N) is 2. The number of hydrogen-bond acceptors (Lipinski definition) is 5. The maximum absolute atomic E-state index is 12.8. The first-order valence-corrected chi connectivity index (χ1v) is 10.2. The Balaban J connectivity index is 1.58. The molecular formula is C21H29N5O4. The zero-order chi connectivity index (χ0) is 21.9. The fourth-order valence-electron chi connectivity index (χ4n) is 4.01. The van der Waals surface area contributed by atoms with Gasteiger partial charge in [-0.1, -0.05) is 25.0 Å². The first-order chi connectivity index (χ1) is 14.2. The van der Waals surface area contributed by atoms with Crippen molar-refractivity contribution in [3.8, 4) is 0 Å². The highest BCUT2D eigenvalue weighted by atomic mass is 16.2. The van der Waals surface area contributed by atoms with Gasteiger partial charge in [0, 0.05) is 12.2 Å². The van der Waals surface area contributed by atoms with Gasteiger partial charge in [0.15, 0.2) is 0 Å². The summed E-state index contributed by atoms with van der Waals surface area (Å²) in [5.74, 6) is -0.844. The summed E-state index contributed by atoms with van der Waals surface area (Å²) in [4.78, 5) is 52.5. The van der Waals surface area contributed by atoms with Crippen LogP contribution in [0.1, 0.15) is 38.2 Å². The van der Waals surface area contributed by atoms with Crippen molar-refractivity contribution in [2.24, 2.45) is 0 Å². The third-order valence-corrected chi connectivity index (χ3v) is 5.55. The van der Waals surface area contributed by atoms with E-state index < -0.39 is 23.5 Å². The number of benzene rings is 1. The third-order valence-electron chi connectivity index (χ3n) is 5.55. The molecule has 2 aliphatic rings. The standard InChI is InChI=1S/C21H29N5O4/c1-14(26-19(29)21(24-20(26)30)9-4-5-10-21)18(28)22-12-15-7-6-8-16(11-15)23-17(27)13-25(2)3/h6-8,11,14H,4-5,9-10,12-13H2,1-3H3,(H,22,28)(H,23,27)(H,24,30). The van der Waals surface area contributed by atoms with Crippen LogP contribution in [-0.2, 0) is 20.9 Å². The number of nitrogens with one attached hydrogen (secondary N) is 3. The van der Waals surface area contributed by atoms with Gasteiger partial charge in [0.2, 0.25) is 11.8 Å². The molecule has 1 atom stereocenters. The van der Waals surface area contributed by atoms with Gasteiger partial charge < -0.3 is 20.9 Å². The summed E-state index contributed by atoms with van der Waals surface area (Å²) in [7, 11) is 3.62. The molecule has 1 spiro atoms. The maximum Gasteiger partial charge on any atom is 0.325 e. The van der Waals surface area contributed by atoms with Gasteiger partial charge in [-0.3, -0.25) is 14.4 Å². The molecule has 1 aromatic carbocycles. The Hall–Kier alpha value is -2.94. The van der Waals surface area contributed by atoms with E-state index in [1.54, 1.807) is 30.0 Å². The number of rotatable bonds is 7. The van der Waals surface area contributed by atoms with E-state index >= 15 is 0 Å². The predicted octanol–water partition coefficient (Wildman–Crippen LogP) is 1.06. The first-order valence-electron chi connectivity index (χ1n) is 10.2. The number of amides is 5. The topological polar surface area (TPSA) is 111 Å². The van der Waals surface area contributed by atoms with Gasteiger partial charge in [0.25, 0.3) is 5.91 Å². The molecule has 1 saturated carbocycles. The monoisotopic (exact) mass is 415 g/mol. The average molecular weight is 415 g/mol. The fraction of sp³-hybridized carbons (Fsp3) is 0.524. The van der Waals surface area contributed by atoms with Crippen molar-refractivity contribution in [1.29, 1.82) is 0 Å². The van der Waals surface area contributed by atoms with E-state index in [1.807, 2.05) is 20.2 Å². The molecule has 0 aromatic heterocycles.